The molecule has 7 heteroatoms. The number of hydrogen-bond acceptors (Lipinski definition) is 3. The minimum Gasteiger partial charge on any atom is -0.352 e. The van der Waals surface area contributed by atoms with E-state index in [0.29, 0.717) is 18.5 Å². The highest BCUT2D eigenvalue weighted by molar-refractivity contribution is 9.10. The van der Waals surface area contributed by atoms with Crippen LogP contribution in [0.1, 0.15) is 15.9 Å². The van der Waals surface area contributed by atoms with Gasteiger partial charge in [-0.15, -0.1) is 0 Å². The van der Waals surface area contributed by atoms with E-state index in [2.05, 4.69) is 21.2 Å². The lowest BCUT2D eigenvalue weighted by Gasteiger charge is -2.07. The molecule has 5 nitrogen and oxygen atoms in total. The molecule has 0 saturated carbocycles. The first-order valence-electron chi connectivity index (χ1n) is 6.52. The minimum atomic E-state index is -3.67. The van der Waals surface area contributed by atoms with Gasteiger partial charge >= 0.3 is 0 Å². The Morgan fingerprint density at radius 2 is 1.73 bits per heavy atom. The third kappa shape index (κ3) is 4.40. The zero-order chi connectivity index (χ0) is 16.2. The lowest BCUT2D eigenvalue weighted by Crippen LogP contribution is -2.26. The van der Waals surface area contributed by atoms with Crippen LogP contribution in [-0.2, 0) is 16.4 Å². The first-order valence-corrected chi connectivity index (χ1v) is 8.86. The molecule has 0 aliphatic carbocycles. The van der Waals surface area contributed by atoms with Crippen molar-refractivity contribution in [2.75, 3.05) is 6.54 Å². The number of rotatable bonds is 5. The van der Waals surface area contributed by atoms with Crippen molar-refractivity contribution < 1.29 is 13.2 Å². The molecular weight excluding hydrogens is 368 g/mol. The smallest absolute Gasteiger partial charge is 0.252 e. The number of hydrogen-bond donors (Lipinski definition) is 2. The van der Waals surface area contributed by atoms with Crippen LogP contribution in [0, 0.1) is 0 Å². The number of primary sulfonamides is 1. The van der Waals surface area contributed by atoms with Gasteiger partial charge in [0.1, 0.15) is 0 Å². The Kier molecular flexibility index (Phi) is 5.33. The number of nitrogens with one attached hydrogen (secondary N) is 1. The Balaban J connectivity index is 1.92. The van der Waals surface area contributed by atoms with E-state index in [4.69, 9.17) is 5.14 Å². The first kappa shape index (κ1) is 16.7. The Bertz CT molecular complexity index is 774. The lowest BCUT2D eigenvalue weighted by atomic mass is 10.1. The molecule has 0 aliphatic heterocycles. The summed E-state index contributed by atoms with van der Waals surface area (Å²) in [6, 6.07) is 13.5. The molecule has 0 heterocycles. The largest absolute Gasteiger partial charge is 0.352 e. The van der Waals surface area contributed by atoms with E-state index in [1.54, 1.807) is 30.3 Å². The van der Waals surface area contributed by atoms with Crippen LogP contribution in [0.2, 0.25) is 0 Å². The molecule has 1 amide bonds. The Morgan fingerprint density at radius 3 is 2.32 bits per heavy atom. The van der Waals surface area contributed by atoms with E-state index in [1.807, 2.05) is 6.07 Å². The standard InChI is InChI=1S/C15H15BrN2O3S/c16-14-4-2-1-3-13(14)15(19)18-10-9-11-5-7-12(8-6-11)22(17,20)21/h1-8H,9-10H2,(H,18,19)(H2,17,20,21). The molecule has 116 valence electrons. The van der Waals surface area contributed by atoms with Crippen LogP contribution in [0.3, 0.4) is 0 Å². The van der Waals surface area contributed by atoms with Gasteiger partial charge in [0, 0.05) is 11.0 Å². The maximum absolute atomic E-state index is 12.0. The molecule has 0 fully saturated rings. The summed E-state index contributed by atoms with van der Waals surface area (Å²) in [4.78, 5) is 12.1. The SMILES string of the molecule is NS(=O)(=O)c1ccc(CCNC(=O)c2ccccc2Br)cc1. The van der Waals surface area contributed by atoms with Gasteiger partial charge in [0.15, 0.2) is 0 Å². The number of nitrogens with two attached hydrogens (primary N) is 1. The molecule has 0 saturated heterocycles. The Morgan fingerprint density at radius 1 is 1.09 bits per heavy atom. The van der Waals surface area contributed by atoms with E-state index < -0.39 is 10.0 Å². The van der Waals surface area contributed by atoms with Crippen molar-refractivity contribution in [3.8, 4) is 0 Å². The predicted octanol–water partition coefficient (Wildman–Crippen LogP) is 2.07. The first-order chi connectivity index (χ1) is 10.4. The van der Waals surface area contributed by atoms with E-state index >= 15 is 0 Å². The van der Waals surface area contributed by atoms with Gasteiger partial charge in [-0.25, -0.2) is 13.6 Å². The summed E-state index contributed by atoms with van der Waals surface area (Å²) in [6.45, 7) is 0.453. The second kappa shape index (κ2) is 7.04. The number of carbonyl (C=O) groups excluding carboxylic acids is 1. The third-order valence-electron chi connectivity index (χ3n) is 3.07. The normalized spacial score (nSPS) is 11.2. The van der Waals surface area contributed by atoms with Crippen LogP contribution in [-0.4, -0.2) is 20.9 Å². The van der Waals surface area contributed by atoms with Crippen molar-refractivity contribution in [1.82, 2.24) is 5.32 Å². The Labute approximate surface area is 137 Å². The highest BCUT2D eigenvalue weighted by Gasteiger charge is 2.09. The van der Waals surface area contributed by atoms with Crippen molar-refractivity contribution in [2.24, 2.45) is 5.14 Å². The van der Waals surface area contributed by atoms with Gasteiger partial charge < -0.3 is 5.32 Å². The molecule has 0 unspecified atom stereocenters. The van der Waals surface area contributed by atoms with Crippen LogP contribution >= 0.6 is 15.9 Å². The molecule has 3 N–H and O–H groups in total. The predicted molar refractivity (Wildman–Crippen MR) is 88.0 cm³/mol. The van der Waals surface area contributed by atoms with Crippen LogP contribution in [0.15, 0.2) is 57.9 Å². The van der Waals surface area contributed by atoms with Crippen molar-refractivity contribution in [3.05, 3.63) is 64.1 Å². The van der Waals surface area contributed by atoms with Gasteiger partial charge in [0.25, 0.3) is 5.91 Å². The highest BCUT2D eigenvalue weighted by atomic mass is 79.9. The van der Waals surface area contributed by atoms with E-state index in [0.717, 1.165) is 10.0 Å². The summed E-state index contributed by atoms with van der Waals surface area (Å²) in [7, 11) is -3.67. The van der Waals surface area contributed by atoms with Crippen molar-refractivity contribution in [2.45, 2.75) is 11.3 Å². The second-order valence-electron chi connectivity index (χ2n) is 4.67. The van der Waals surface area contributed by atoms with Gasteiger partial charge in [-0.3, -0.25) is 4.79 Å². The monoisotopic (exact) mass is 382 g/mol. The summed E-state index contributed by atoms with van der Waals surface area (Å²) in [5.41, 5.74) is 1.49. The topological polar surface area (TPSA) is 89.3 Å². The zero-order valence-corrected chi connectivity index (χ0v) is 14.0. The molecule has 0 aliphatic rings. The molecule has 0 aromatic heterocycles. The van der Waals surface area contributed by atoms with Gasteiger partial charge in [-0.05, 0) is 52.2 Å². The number of benzene rings is 2. The number of amides is 1. The highest BCUT2D eigenvalue weighted by Crippen LogP contribution is 2.15. The number of carbonyl (C=O) groups is 1. The summed E-state index contributed by atoms with van der Waals surface area (Å²) < 4.78 is 23.0. The van der Waals surface area contributed by atoms with Crippen molar-refractivity contribution in [1.29, 1.82) is 0 Å². The van der Waals surface area contributed by atoms with Gasteiger partial charge in [-0.2, -0.15) is 0 Å². The second-order valence-corrected chi connectivity index (χ2v) is 7.09. The van der Waals surface area contributed by atoms with Crippen LogP contribution in [0.25, 0.3) is 0 Å². The van der Waals surface area contributed by atoms with Gasteiger partial charge in [0.2, 0.25) is 10.0 Å². The fraction of sp³-hybridized carbons (Fsp3) is 0.133. The van der Waals surface area contributed by atoms with E-state index in [-0.39, 0.29) is 10.8 Å². The fourth-order valence-corrected chi connectivity index (χ4v) is 2.89. The maximum Gasteiger partial charge on any atom is 0.252 e. The molecule has 0 bridgehead atoms. The van der Waals surface area contributed by atoms with Gasteiger partial charge in [-0.1, -0.05) is 24.3 Å². The lowest BCUT2D eigenvalue weighted by molar-refractivity contribution is 0.0953. The van der Waals surface area contributed by atoms with Crippen LogP contribution in [0.4, 0.5) is 0 Å². The quantitative estimate of drug-likeness (QED) is 0.829. The van der Waals surface area contributed by atoms with E-state index in [1.165, 1.54) is 12.1 Å². The molecule has 2 aromatic carbocycles. The summed E-state index contributed by atoms with van der Waals surface area (Å²) >= 11 is 3.33. The molecule has 2 rings (SSSR count). The summed E-state index contributed by atoms with van der Waals surface area (Å²) in [5, 5.41) is 7.86. The average Bonchev–Trinajstić information content (AvgIpc) is 2.47. The third-order valence-corrected chi connectivity index (χ3v) is 4.69. The van der Waals surface area contributed by atoms with E-state index in [9.17, 15) is 13.2 Å². The molecule has 22 heavy (non-hydrogen) atoms. The minimum absolute atomic E-state index is 0.0773. The summed E-state index contributed by atoms with van der Waals surface area (Å²) in [6.07, 6.45) is 0.598. The van der Waals surface area contributed by atoms with Crippen molar-refractivity contribution in [3.63, 3.8) is 0 Å². The number of sulfonamides is 1. The number of halogens is 1. The van der Waals surface area contributed by atoms with Gasteiger partial charge in [0.05, 0.1) is 10.5 Å². The Hall–Kier alpha value is -1.70. The van der Waals surface area contributed by atoms with Crippen LogP contribution in [0.5, 0.6) is 0 Å². The maximum atomic E-state index is 12.0. The molecule has 0 radical (unpaired) electrons. The average molecular weight is 383 g/mol. The molecule has 0 spiro atoms. The molecule has 0 atom stereocenters. The van der Waals surface area contributed by atoms with Crippen LogP contribution < -0.4 is 10.5 Å². The summed E-state index contributed by atoms with van der Waals surface area (Å²) in [5.74, 6) is -0.159. The molecular formula is C15H15BrN2O3S. The zero-order valence-electron chi connectivity index (χ0n) is 11.6. The fourth-order valence-electron chi connectivity index (χ4n) is 1.91. The molecule has 2 aromatic rings. The van der Waals surface area contributed by atoms with Crippen molar-refractivity contribution >= 4 is 31.9 Å².